The first-order valence-electron chi connectivity index (χ1n) is 15.2. The molecule has 0 saturated carbocycles. The lowest BCUT2D eigenvalue weighted by Gasteiger charge is -2.49. The summed E-state index contributed by atoms with van der Waals surface area (Å²) in [6, 6.07) is 18.3. The topological polar surface area (TPSA) is 70.2 Å². The number of nitrogens with zero attached hydrogens (tertiary/aromatic N) is 3. The van der Waals surface area contributed by atoms with Gasteiger partial charge in [0.1, 0.15) is 0 Å². The Labute approximate surface area is 239 Å². The van der Waals surface area contributed by atoms with Gasteiger partial charge in [0.25, 0.3) is 0 Å². The first kappa shape index (κ1) is 27.7. The Balaban J connectivity index is 1.21. The van der Waals surface area contributed by atoms with E-state index in [2.05, 4.69) is 28.0 Å². The highest BCUT2D eigenvalue weighted by Crippen LogP contribution is 2.44. The summed E-state index contributed by atoms with van der Waals surface area (Å²) >= 11 is 0. The maximum Gasteiger partial charge on any atom is 0.410 e. The van der Waals surface area contributed by atoms with Gasteiger partial charge in [-0.3, -0.25) is 0 Å². The zero-order valence-electron chi connectivity index (χ0n) is 23.7. The summed E-state index contributed by atoms with van der Waals surface area (Å²) in [4.78, 5) is 18.1. The third kappa shape index (κ3) is 5.19. The second-order valence-corrected chi connectivity index (χ2v) is 14.2. The molecular weight excluding hydrogens is 522 g/mol. The summed E-state index contributed by atoms with van der Waals surface area (Å²) in [7, 11) is -3.58. The third-order valence-corrected chi connectivity index (χ3v) is 11.8. The number of ether oxygens (including phenoxy) is 1. The van der Waals surface area contributed by atoms with E-state index >= 15 is 0 Å². The molecule has 2 aromatic rings. The Bertz CT molecular complexity index is 1290. The van der Waals surface area contributed by atoms with Gasteiger partial charge in [0.05, 0.1) is 11.5 Å². The zero-order valence-corrected chi connectivity index (χ0v) is 24.5. The van der Waals surface area contributed by atoms with Crippen LogP contribution < -0.4 is 0 Å². The monoisotopic (exact) mass is 565 g/mol. The van der Waals surface area contributed by atoms with Crippen molar-refractivity contribution in [1.29, 1.82) is 0 Å². The molecule has 40 heavy (non-hydrogen) atoms. The first-order chi connectivity index (χ1) is 19.4. The number of sulfonamides is 1. The molecule has 4 aliphatic rings. The van der Waals surface area contributed by atoms with Gasteiger partial charge in [-0.25, -0.2) is 13.2 Å². The van der Waals surface area contributed by atoms with Crippen LogP contribution >= 0.6 is 0 Å². The number of carbonyl (C=O) groups is 1. The largest absolute Gasteiger partial charge is 0.450 e. The van der Waals surface area contributed by atoms with E-state index in [-0.39, 0.29) is 23.6 Å². The molecule has 3 atom stereocenters. The van der Waals surface area contributed by atoms with E-state index in [0.29, 0.717) is 30.6 Å². The van der Waals surface area contributed by atoms with Crippen LogP contribution in [0.25, 0.3) is 0 Å². The van der Waals surface area contributed by atoms with Crippen molar-refractivity contribution in [2.75, 3.05) is 26.2 Å². The Morgan fingerprint density at radius 2 is 1.57 bits per heavy atom. The summed E-state index contributed by atoms with van der Waals surface area (Å²) in [5.41, 5.74) is 2.28. The van der Waals surface area contributed by atoms with Crippen molar-refractivity contribution in [2.24, 2.45) is 0 Å². The average Bonchev–Trinajstić information content (AvgIpc) is 3.29. The molecule has 1 spiro atoms. The molecule has 4 heterocycles. The number of benzene rings is 2. The summed E-state index contributed by atoms with van der Waals surface area (Å²) < 4.78 is 34.6. The van der Waals surface area contributed by atoms with Gasteiger partial charge in [0.15, 0.2) is 0 Å². The molecule has 7 nitrogen and oxygen atoms in total. The lowest BCUT2D eigenvalue weighted by atomic mass is 9.69. The van der Waals surface area contributed by atoms with Crippen LogP contribution in [0.3, 0.4) is 0 Å². The van der Waals surface area contributed by atoms with Gasteiger partial charge in [0.2, 0.25) is 10.0 Å². The van der Waals surface area contributed by atoms with Crippen LogP contribution in [0.15, 0.2) is 59.5 Å². The van der Waals surface area contributed by atoms with Crippen LogP contribution in [0.2, 0.25) is 0 Å². The number of hydrogen-bond donors (Lipinski definition) is 0. The fourth-order valence-corrected chi connectivity index (χ4v) is 9.52. The van der Waals surface area contributed by atoms with Crippen molar-refractivity contribution in [3.63, 3.8) is 0 Å². The number of rotatable bonds is 4. The van der Waals surface area contributed by atoms with E-state index in [4.69, 9.17) is 4.74 Å². The fraction of sp³-hybridized carbons (Fsp3) is 0.594. The van der Waals surface area contributed by atoms with Crippen LogP contribution in [0.5, 0.6) is 0 Å². The number of carbonyl (C=O) groups excluding carboxylic acids is 1. The summed E-state index contributed by atoms with van der Waals surface area (Å²) in [5, 5.41) is 0. The molecule has 216 valence electrons. The highest BCUT2D eigenvalue weighted by Gasteiger charge is 2.47. The number of piperidine rings is 1. The minimum absolute atomic E-state index is 0.129. The molecule has 3 unspecified atom stereocenters. The SMILES string of the molecule is CCOC(=O)N1C2CCCCC1CC(N1CCC3(CC1)CN(S(=O)(=O)c1ccccc1)Cc1ccccc13)CC2. The number of fused-ring (bicyclic) bond motifs is 4. The Kier molecular flexibility index (Phi) is 7.94. The third-order valence-electron chi connectivity index (χ3n) is 10.0. The van der Waals surface area contributed by atoms with Crippen molar-refractivity contribution in [2.45, 2.75) is 99.7 Å². The van der Waals surface area contributed by atoms with Gasteiger partial charge >= 0.3 is 6.09 Å². The van der Waals surface area contributed by atoms with Gasteiger partial charge in [-0.1, -0.05) is 55.3 Å². The first-order valence-corrected chi connectivity index (χ1v) is 16.7. The van der Waals surface area contributed by atoms with Crippen molar-refractivity contribution >= 4 is 16.1 Å². The van der Waals surface area contributed by atoms with E-state index in [1.165, 1.54) is 18.4 Å². The van der Waals surface area contributed by atoms with Crippen LogP contribution in [-0.2, 0) is 26.7 Å². The molecule has 2 bridgehead atoms. The average molecular weight is 566 g/mol. The number of likely N-dealkylation sites (tertiary alicyclic amines) is 1. The molecule has 0 radical (unpaired) electrons. The molecule has 0 aliphatic carbocycles. The van der Waals surface area contributed by atoms with E-state index in [0.717, 1.165) is 63.6 Å². The molecule has 1 amide bonds. The molecule has 3 fully saturated rings. The fourth-order valence-electron chi connectivity index (χ4n) is 8.00. The van der Waals surface area contributed by atoms with Crippen LogP contribution in [0.1, 0.15) is 75.8 Å². The molecular formula is C32H43N3O4S. The molecule has 6 rings (SSSR count). The van der Waals surface area contributed by atoms with Crippen molar-refractivity contribution in [3.8, 4) is 0 Å². The highest BCUT2D eigenvalue weighted by atomic mass is 32.2. The lowest BCUT2D eigenvalue weighted by Crippen LogP contribution is -2.55. The van der Waals surface area contributed by atoms with Gasteiger partial charge in [-0.15, -0.1) is 0 Å². The second kappa shape index (κ2) is 11.5. The van der Waals surface area contributed by atoms with E-state index in [9.17, 15) is 13.2 Å². The molecule has 0 aromatic heterocycles. The smallest absolute Gasteiger partial charge is 0.410 e. The highest BCUT2D eigenvalue weighted by molar-refractivity contribution is 7.89. The van der Waals surface area contributed by atoms with Crippen LogP contribution in [-0.4, -0.2) is 73.0 Å². The van der Waals surface area contributed by atoms with Crippen molar-refractivity contribution in [1.82, 2.24) is 14.1 Å². The molecule has 8 heteroatoms. The molecule has 2 aromatic carbocycles. The predicted molar refractivity (Wildman–Crippen MR) is 156 cm³/mol. The quantitative estimate of drug-likeness (QED) is 0.487. The molecule has 4 aliphatic heterocycles. The summed E-state index contributed by atoms with van der Waals surface area (Å²) in [5.74, 6) is 0. The Morgan fingerprint density at radius 1 is 0.900 bits per heavy atom. The second-order valence-electron chi connectivity index (χ2n) is 12.2. The van der Waals surface area contributed by atoms with Gasteiger partial charge < -0.3 is 14.5 Å². The Hall–Kier alpha value is -2.42. The van der Waals surface area contributed by atoms with Crippen molar-refractivity contribution < 1.29 is 17.9 Å². The maximum absolute atomic E-state index is 13.7. The molecule has 3 saturated heterocycles. The van der Waals surface area contributed by atoms with Crippen LogP contribution in [0, 0.1) is 0 Å². The van der Waals surface area contributed by atoms with Crippen LogP contribution in [0.4, 0.5) is 4.79 Å². The standard InChI is InChI=1S/C32H43N3O4S/c1-2-39-31(36)35-26-11-7-8-12-28(35)22-27(17-16-26)33-20-18-32(19-21-33)24-34(23-25-10-6-9-15-30(25)32)40(37,38)29-13-4-3-5-14-29/h3-6,9-10,13-15,26-28H,2,7-8,11-12,16-24H2,1H3. The summed E-state index contributed by atoms with van der Waals surface area (Å²) in [6.07, 6.45) is 9.41. The number of hydrogen-bond acceptors (Lipinski definition) is 5. The minimum atomic E-state index is -3.58. The van der Waals surface area contributed by atoms with Gasteiger partial charge in [-0.05, 0) is 88.2 Å². The predicted octanol–water partition coefficient (Wildman–Crippen LogP) is 5.55. The van der Waals surface area contributed by atoms with E-state index in [1.807, 2.05) is 19.1 Å². The normalized spacial score (nSPS) is 27.4. The van der Waals surface area contributed by atoms with E-state index < -0.39 is 10.0 Å². The zero-order chi connectivity index (χ0) is 27.7. The molecule has 0 N–H and O–H groups in total. The number of amides is 1. The Morgan fingerprint density at radius 3 is 2.33 bits per heavy atom. The van der Waals surface area contributed by atoms with Crippen molar-refractivity contribution in [3.05, 3.63) is 65.7 Å². The minimum Gasteiger partial charge on any atom is -0.450 e. The summed E-state index contributed by atoms with van der Waals surface area (Å²) in [6.45, 7) is 5.17. The van der Waals surface area contributed by atoms with Gasteiger partial charge in [0, 0.05) is 36.6 Å². The van der Waals surface area contributed by atoms with E-state index in [1.54, 1.807) is 28.6 Å². The maximum atomic E-state index is 13.7. The lowest BCUT2D eigenvalue weighted by molar-refractivity contribution is 0.0617. The van der Waals surface area contributed by atoms with Gasteiger partial charge in [-0.2, -0.15) is 4.31 Å².